The van der Waals surface area contributed by atoms with Gasteiger partial charge in [-0.2, -0.15) is 5.10 Å². The van der Waals surface area contributed by atoms with Gasteiger partial charge in [0.05, 0.1) is 18.9 Å². The van der Waals surface area contributed by atoms with Crippen molar-refractivity contribution >= 4 is 5.96 Å². The fourth-order valence-electron chi connectivity index (χ4n) is 4.00. The van der Waals surface area contributed by atoms with E-state index in [1.54, 1.807) is 0 Å². The van der Waals surface area contributed by atoms with E-state index < -0.39 is 0 Å². The van der Waals surface area contributed by atoms with Crippen LogP contribution in [0.3, 0.4) is 0 Å². The summed E-state index contributed by atoms with van der Waals surface area (Å²) in [6.07, 6.45) is 13.6. The normalized spacial score (nSPS) is 23.0. The number of hydrogen-bond acceptors (Lipinski definition) is 3. The van der Waals surface area contributed by atoms with Crippen molar-refractivity contribution in [2.24, 2.45) is 12.0 Å². The fourth-order valence-corrected chi connectivity index (χ4v) is 4.00. The molecule has 1 aromatic rings. The van der Waals surface area contributed by atoms with Gasteiger partial charge >= 0.3 is 0 Å². The molecule has 0 bridgehead atoms. The second-order valence-electron chi connectivity index (χ2n) is 7.34. The van der Waals surface area contributed by atoms with E-state index in [-0.39, 0.29) is 0 Å². The molecule has 2 fully saturated rings. The largest absolute Gasteiger partial charge is 0.376 e. The second-order valence-corrected chi connectivity index (χ2v) is 7.34. The number of likely N-dealkylation sites (tertiary alicyclic amines) is 1. The third kappa shape index (κ3) is 5.21. The lowest BCUT2D eigenvalue weighted by molar-refractivity contribution is 0.0466. The maximum Gasteiger partial charge on any atom is 0.193 e. The Morgan fingerprint density at radius 3 is 2.76 bits per heavy atom. The molecule has 1 unspecified atom stereocenters. The van der Waals surface area contributed by atoms with Crippen LogP contribution in [0.15, 0.2) is 17.4 Å². The molecule has 6 heteroatoms. The summed E-state index contributed by atoms with van der Waals surface area (Å²) >= 11 is 0. The Bertz CT molecular complexity index is 548. The lowest BCUT2D eigenvalue weighted by atomic mass is 10.0. The molecular formula is C19H33N5O. The van der Waals surface area contributed by atoms with Gasteiger partial charge in [0, 0.05) is 45.8 Å². The van der Waals surface area contributed by atoms with E-state index in [1.165, 1.54) is 44.1 Å². The molecule has 0 amide bonds. The third-order valence-electron chi connectivity index (χ3n) is 5.44. The highest BCUT2D eigenvalue weighted by atomic mass is 16.5. The highest BCUT2D eigenvalue weighted by Crippen LogP contribution is 2.26. The van der Waals surface area contributed by atoms with Gasteiger partial charge in [0.25, 0.3) is 0 Å². The summed E-state index contributed by atoms with van der Waals surface area (Å²) in [5.41, 5.74) is 1.33. The van der Waals surface area contributed by atoms with E-state index in [0.717, 1.165) is 38.6 Å². The molecule has 1 saturated carbocycles. The van der Waals surface area contributed by atoms with Gasteiger partial charge in [-0.3, -0.25) is 9.67 Å². The number of aliphatic imine (C=N–C) groups is 1. The molecule has 25 heavy (non-hydrogen) atoms. The Hall–Kier alpha value is -1.56. The van der Waals surface area contributed by atoms with Crippen molar-refractivity contribution in [1.82, 2.24) is 20.0 Å². The molecule has 0 aromatic carbocycles. The van der Waals surface area contributed by atoms with Crippen LogP contribution in [-0.2, 0) is 11.8 Å². The van der Waals surface area contributed by atoms with Crippen molar-refractivity contribution < 1.29 is 4.74 Å². The van der Waals surface area contributed by atoms with Gasteiger partial charge < -0.3 is 15.0 Å². The van der Waals surface area contributed by atoms with Crippen LogP contribution in [0, 0.1) is 0 Å². The Morgan fingerprint density at radius 2 is 2.08 bits per heavy atom. The molecule has 1 N–H and O–H groups in total. The third-order valence-corrected chi connectivity index (χ3v) is 5.44. The predicted molar refractivity (Wildman–Crippen MR) is 101 cm³/mol. The van der Waals surface area contributed by atoms with Crippen LogP contribution < -0.4 is 5.32 Å². The first-order valence-electron chi connectivity index (χ1n) is 9.82. The molecule has 2 aliphatic rings. The molecule has 0 spiro atoms. The molecular weight excluding hydrogens is 314 g/mol. The number of hydrogen-bond donors (Lipinski definition) is 1. The molecule has 1 aliphatic carbocycles. The van der Waals surface area contributed by atoms with Crippen LogP contribution in [0.25, 0.3) is 0 Å². The van der Waals surface area contributed by atoms with Gasteiger partial charge in [0.2, 0.25) is 0 Å². The van der Waals surface area contributed by atoms with E-state index in [9.17, 15) is 0 Å². The lowest BCUT2D eigenvalue weighted by Crippen LogP contribution is -2.41. The van der Waals surface area contributed by atoms with Gasteiger partial charge in [-0.15, -0.1) is 0 Å². The molecule has 1 aliphatic heterocycles. The number of guanidine groups is 1. The average molecular weight is 348 g/mol. The van der Waals surface area contributed by atoms with Gasteiger partial charge in [-0.05, 0) is 24.8 Å². The summed E-state index contributed by atoms with van der Waals surface area (Å²) in [6, 6.07) is 0. The molecule has 1 atom stereocenters. The SMILES string of the molecule is CN=C(NCCOC1CCCCCC1)N1CCC(c2cnn(C)c2)C1. The van der Waals surface area contributed by atoms with Crippen LogP contribution in [0.1, 0.15) is 56.4 Å². The highest BCUT2D eigenvalue weighted by Gasteiger charge is 2.26. The monoisotopic (exact) mass is 347 g/mol. The van der Waals surface area contributed by atoms with Crippen molar-refractivity contribution in [3.05, 3.63) is 18.0 Å². The predicted octanol–water partition coefficient (Wildman–Crippen LogP) is 2.52. The standard InChI is InChI=1S/C19H33N5O/c1-20-19(21-10-12-25-18-7-5-3-4-6-8-18)24-11-9-16(15-24)17-13-22-23(2)14-17/h13-14,16,18H,3-12,15H2,1-2H3,(H,20,21). The van der Waals surface area contributed by atoms with E-state index >= 15 is 0 Å². The average Bonchev–Trinajstić information content (AvgIpc) is 3.18. The zero-order valence-corrected chi connectivity index (χ0v) is 15.8. The van der Waals surface area contributed by atoms with Crippen molar-refractivity contribution in [2.75, 3.05) is 33.3 Å². The van der Waals surface area contributed by atoms with Gasteiger partial charge in [0.15, 0.2) is 5.96 Å². The van der Waals surface area contributed by atoms with Gasteiger partial charge in [-0.25, -0.2) is 0 Å². The first kappa shape index (κ1) is 18.2. The van der Waals surface area contributed by atoms with Crippen LogP contribution in [0.4, 0.5) is 0 Å². The second kappa shape index (κ2) is 9.22. The Morgan fingerprint density at radius 1 is 1.28 bits per heavy atom. The van der Waals surface area contributed by atoms with Crippen molar-refractivity contribution in [3.8, 4) is 0 Å². The summed E-state index contributed by atoms with van der Waals surface area (Å²) in [7, 11) is 3.84. The Labute approximate surface area is 151 Å². The molecule has 6 nitrogen and oxygen atoms in total. The van der Waals surface area contributed by atoms with E-state index in [0.29, 0.717) is 12.0 Å². The minimum absolute atomic E-state index is 0.466. The Kier molecular flexibility index (Phi) is 6.73. The summed E-state index contributed by atoms with van der Waals surface area (Å²) < 4.78 is 7.95. The zero-order valence-electron chi connectivity index (χ0n) is 15.8. The van der Waals surface area contributed by atoms with Crippen molar-refractivity contribution in [1.29, 1.82) is 0 Å². The number of ether oxygens (including phenoxy) is 1. The maximum absolute atomic E-state index is 6.07. The Balaban J connectivity index is 1.39. The highest BCUT2D eigenvalue weighted by molar-refractivity contribution is 5.80. The smallest absolute Gasteiger partial charge is 0.193 e. The quantitative estimate of drug-likeness (QED) is 0.385. The molecule has 3 rings (SSSR count). The molecule has 1 aromatic heterocycles. The topological polar surface area (TPSA) is 54.7 Å². The maximum atomic E-state index is 6.07. The first-order valence-corrected chi connectivity index (χ1v) is 9.82. The number of aryl methyl sites for hydroxylation is 1. The minimum Gasteiger partial charge on any atom is -0.376 e. The van der Waals surface area contributed by atoms with Crippen molar-refractivity contribution in [2.45, 2.75) is 57.0 Å². The van der Waals surface area contributed by atoms with Crippen LogP contribution in [0.5, 0.6) is 0 Å². The number of aromatic nitrogens is 2. The summed E-state index contributed by atoms with van der Waals surface area (Å²) in [6.45, 7) is 3.65. The summed E-state index contributed by atoms with van der Waals surface area (Å²) in [4.78, 5) is 6.81. The van der Waals surface area contributed by atoms with E-state index in [2.05, 4.69) is 26.5 Å². The van der Waals surface area contributed by atoms with Crippen LogP contribution in [0.2, 0.25) is 0 Å². The first-order chi connectivity index (χ1) is 12.3. The number of nitrogens with zero attached hydrogens (tertiary/aromatic N) is 4. The number of rotatable bonds is 5. The molecule has 1 saturated heterocycles. The van der Waals surface area contributed by atoms with E-state index in [1.807, 2.05) is 25.0 Å². The van der Waals surface area contributed by atoms with Gasteiger partial charge in [-0.1, -0.05) is 25.7 Å². The summed E-state index contributed by atoms with van der Waals surface area (Å²) in [5.74, 6) is 1.55. The van der Waals surface area contributed by atoms with E-state index in [4.69, 9.17) is 4.74 Å². The van der Waals surface area contributed by atoms with Crippen molar-refractivity contribution in [3.63, 3.8) is 0 Å². The van der Waals surface area contributed by atoms with Crippen LogP contribution >= 0.6 is 0 Å². The minimum atomic E-state index is 0.466. The summed E-state index contributed by atoms with van der Waals surface area (Å²) in [5, 5.41) is 7.77. The fraction of sp³-hybridized carbons (Fsp3) is 0.789. The zero-order chi connectivity index (χ0) is 17.5. The molecule has 0 radical (unpaired) electrons. The lowest BCUT2D eigenvalue weighted by Gasteiger charge is -2.22. The van der Waals surface area contributed by atoms with Gasteiger partial charge in [0.1, 0.15) is 0 Å². The number of nitrogens with one attached hydrogen (secondary N) is 1. The molecule has 2 heterocycles. The van der Waals surface area contributed by atoms with Crippen LogP contribution in [-0.4, -0.2) is 60.0 Å². The molecule has 140 valence electrons.